The maximum absolute atomic E-state index is 12.6. The lowest BCUT2D eigenvalue weighted by molar-refractivity contribution is -0.144. The van der Waals surface area contributed by atoms with Crippen molar-refractivity contribution in [2.45, 2.75) is 19.9 Å². The summed E-state index contributed by atoms with van der Waals surface area (Å²) in [6.45, 7) is 2.34. The van der Waals surface area contributed by atoms with Gasteiger partial charge in [-0.05, 0) is 38.1 Å². The quantitative estimate of drug-likeness (QED) is 0.442. The zero-order chi connectivity index (χ0) is 24.5. The molecule has 3 N–H and O–H groups in total. The Morgan fingerprint density at radius 1 is 1.09 bits per heavy atom. The molecule has 1 aromatic heterocycles. The molecule has 180 valence electrons. The number of amides is 3. The van der Waals surface area contributed by atoms with Crippen molar-refractivity contribution in [1.82, 2.24) is 16.0 Å². The third-order valence-corrected chi connectivity index (χ3v) is 4.62. The average molecular weight is 471 g/mol. The van der Waals surface area contributed by atoms with E-state index >= 15 is 0 Å². The van der Waals surface area contributed by atoms with Gasteiger partial charge in [-0.3, -0.25) is 9.59 Å². The Labute approximate surface area is 195 Å². The summed E-state index contributed by atoms with van der Waals surface area (Å²) in [5.41, 5.74) is 0.0947. The minimum Gasteiger partial charge on any atom is -0.484 e. The van der Waals surface area contributed by atoms with E-state index in [4.69, 9.17) is 18.6 Å². The van der Waals surface area contributed by atoms with E-state index in [1.54, 1.807) is 50.2 Å². The highest BCUT2D eigenvalue weighted by molar-refractivity contribution is 5.95. The van der Waals surface area contributed by atoms with Gasteiger partial charge in [0.1, 0.15) is 36.5 Å². The number of ether oxygens (including phenoxy) is 3. The highest BCUT2D eigenvalue weighted by Gasteiger charge is 2.36. The number of para-hydroxylation sites is 1. The van der Waals surface area contributed by atoms with Crippen molar-refractivity contribution >= 4 is 23.9 Å². The average Bonchev–Trinajstić information content (AvgIpc) is 3.26. The molecule has 3 amide bonds. The first-order valence-corrected chi connectivity index (χ1v) is 10.5. The molecule has 0 fully saturated rings. The van der Waals surface area contributed by atoms with Gasteiger partial charge in [-0.25, -0.2) is 9.59 Å². The zero-order valence-corrected chi connectivity index (χ0v) is 18.7. The minimum atomic E-state index is -0.926. The number of carbonyl (C=O) groups excluding carboxylic acids is 4. The van der Waals surface area contributed by atoms with Crippen molar-refractivity contribution in [1.29, 1.82) is 0 Å². The SMILES string of the molecule is CCOC(=O)C1=C(COC(=O)CNC(=O)COc2ccccc2)NC(=O)N[C@H]1c1ccc(C)o1. The second-order valence-electron chi connectivity index (χ2n) is 7.13. The van der Waals surface area contributed by atoms with Crippen molar-refractivity contribution < 1.29 is 37.8 Å². The molecule has 0 saturated heterocycles. The number of aryl methyl sites for hydroxylation is 1. The van der Waals surface area contributed by atoms with Crippen LogP contribution < -0.4 is 20.7 Å². The summed E-state index contributed by atoms with van der Waals surface area (Å²) in [7, 11) is 0. The Balaban J connectivity index is 1.61. The van der Waals surface area contributed by atoms with Crippen LogP contribution in [-0.4, -0.2) is 50.2 Å². The minimum absolute atomic E-state index is 0.0453. The molecule has 0 unspecified atom stereocenters. The van der Waals surface area contributed by atoms with E-state index in [0.29, 0.717) is 17.3 Å². The number of nitrogens with one attached hydrogen (secondary N) is 3. The summed E-state index contributed by atoms with van der Waals surface area (Å²) in [4.78, 5) is 48.8. The summed E-state index contributed by atoms with van der Waals surface area (Å²) >= 11 is 0. The molecular weight excluding hydrogens is 446 g/mol. The van der Waals surface area contributed by atoms with Gasteiger partial charge in [-0.2, -0.15) is 0 Å². The smallest absolute Gasteiger partial charge is 0.338 e. The third-order valence-electron chi connectivity index (χ3n) is 4.62. The topological polar surface area (TPSA) is 145 Å². The third kappa shape index (κ3) is 6.61. The van der Waals surface area contributed by atoms with Gasteiger partial charge in [0.15, 0.2) is 6.61 Å². The number of hydrogen-bond acceptors (Lipinski definition) is 8. The van der Waals surface area contributed by atoms with Gasteiger partial charge in [0.2, 0.25) is 0 Å². The van der Waals surface area contributed by atoms with Crippen LogP contribution in [0.2, 0.25) is 0 Å². The zero-order valence-electron chi connectivity index (χ0n) is 18.7. The van der Waals surface area contributed by atoms with Crippen LogP contribution in [0.1, 0.15) is 24.5 Å². The van der Waals surface area contributed by atoms with Gasteiger partial charge in [0, 0.05) is 0 Å². The van der Waals surface area contributed by atoms with Gasteiger partial charge in [0.05, 0.1) is 17.9 Å². The predicted octanol–water partition coefficient (Wildman–Crippen LogP) is 1.50. The first-order chi connectivity index (χ1) is 16.4. The van der Waals surface area contributed by atoms with E-state index in [1.165, 1.54) is 0 Å². The summed E-state index contributed by atoms with van der Waals surface area (Å²) < 4.78 is 21.1. The molecule has 34 heavy (non-hydrogen) atoms. The summed E-state index contributed by atoms with van der Waals surface area (Å²) in [6.07, 6.45) is 0. The summed E-state index contributed by atoms with van der Waals surface area (Å²) in [5, 5.41) is 7.46. The Bertz CT molecular complexity index is 1080. The molecular formula is C23H25N3O8. The van der Waals surface area contributed by atoms with E-state index in [2.05, 4.69) is 16.0 Å². The number of esters is 2. The lowest BCUT2D eigenvalue weighted by atomic mass is 10.0. The van der Waals surface area contributed by atoms with Gasteiger partial charge in [-0.15, -0.1) is 0 Å². The van der Waals surface area contributed by atoms with E-state index < -0.39 is 43.1 Å². The fourth-order valence-electron chi connectivity index (χ4n) is 3.09. The second kappa shape index (κ2) is 11.5. The molecule has 0 spiro atoms. The molecule has 1 aromatic carbocycles. The number of rotatable bonds is 10. The van der Waals surface area contributed by atoms with Gasteiger partial charge < -0.3 is 34.6 Å². The number of benzene rings is 1. The molecule has 0 radical (unpaired) electrons. The van der Waals surface area contributed by atoms with E-state index in [9.17, 15) is 19.2 Å². The summed E-state index contributed by atoms with van der Waals surface area (Å²) in [6, 6.07) is 10.5. The highest BCUT2D eigenvalue weighted by atomic mass is 16.5. The van der Waals surface area contributed by atoms with Crippen LogP contribution in [0.4, 0.5) is 4.79 Å². The molecule has 1 aliphatic rings. The van der Waals surface area contributed by atoms with Crippen LogP contribution in [0.5, 0.6) is 5.75 Å². The van der Waals surface area contributed by atoms with E-state index in [1.807, 2.05) is 6.07 Å². The lowest BCUT2D eigenvalue weighted by Gasteiger charge is -2.27. The van der Waals surface area contributed by atoms with Crippen molar-refractivity contribution in [3.05, 3.63) is 65.3 Å². The maximum Gasteiger partial charge on any atom is 0.338 e. The molecule has 11 nitrogen and oxygen atoms in total. The largest absolute Gasteiger partial charge is 0.484 e. The Hall–Kier alpha value is -4.28. The van der Waals surface area contributed by atoms with Crippen LogP contribution in [0, 0.1) is 6.92 Å². The number of furan rings is 1. The molecule has 1 aliphatic heterocycles. The Morgan fingerprint density at radius 2 is 1.85 bits per heavy atom. The highest BCUT2D eigenvalue weighted by Crippen LogP contribution is 2.29. The van der Waals surface area contributed by atoms with Crippen LogP contribution >= 0.6 is 0 Å². The molecule has 2 heterocycles. The Morgan fingerprint density at radius 3 is 2.53 bits per heavy atom. The predicted molar refractivity (Wildman–Crippen MR) is 117 cm³/mol. The number of urea groups is 1. The second-order valence-corrected chi connectivity index (χ2v) is 7.13. The molecule has 0 bridgehead atoms. The van der Waals surface area contributed by atoms with Gasteiger partial charge in [0.25, 0.3) is 5.91 Å². The van der Waals surface area contributed by atoms with Gasteiger partial charge in [-0.1, -0.05) is 18.2 Å². The monoisotopic (exact) mass is 471 g/mol. The molecule has 3 rings (SSSR count). The lowest BCUT2D eigenvalue weighted by Crippen LogP contribution is -2.47. The fraction of sp³-hybridized carbons (Fsp3) is 0.304. The Kier molecular flexibility index (Phi) is 8.27. The molecule has 2 aromatic rings. The van der Waals surface area contributed by atoms with E-state index in [-0.39, 0.29) is 24.5 Å². The van der Waals surface area contributed by atoms with Crippen LogP contribution in [0.15, 0.2) is 58.2 Å². The maximum atomic E-state index is 12.6. The first-order valence-electron chi connectivity index (χ1n) is 10.5. The van der Waals surface area contributed by atoms with Crippen LogP contribution in [0.25, 0.3) is 0 Å². The van der Waals surface area contributed by atoms with Gasteiger partial charge >= 0.3 is 18.0 Å². The number of carbonyl (C=O) groups is 4. The van der Waals surface area contributed by atoms with Crippen LogP contribution in [0.3, 0.4) is 0 Å². The molecule has 11 heteroatoms. The molecule has 0 saturated carbocycles. The van der Waals surface area contributed by atoms with Crippen LogP contribution in [-0.2, 0) is 23.9 Å². The summed E-state index contributed by atoms with van der Waals surface area (Å²) in [5.74, 6) is -0.568. The first kappa shape index (κ1) is 24.4. The fourth-order valence-corrected chi connectivity index (χ4v) is 3.09. The van der Waals surface area contributed by atoms with Crippen molar-refractivity contribution in [3.8, 4) is 5.75 Å². The van der Waals surface area contributed by atoms with Crippen molar-refractivity contribution in [3.63, 3.8) is 0 Å². The van der Waals surface area contributed by atoms with Crippen molar-refractivity contribution in [2.75, 3.05) is 26.4 Å². The molecule has 0 aliphatic carbocycles. The number of hydrogen-bond donors (Lipinski definition) is 3. The molecule has 1 atom stereocenters. The van der Waals surface area contributed by atoms with E-state index in [0.717, 1.165) is 0 Å². The van der Waals surface area contributed by atoms with Crippen molar-refractivity contribution in [2.24, 2.45) is 0 Å². The normalized spacial score (nSPS) is 15.1. The standard InChI is InChI=1S/C23H25N3O8/c1-3-31-22(29)20-16(25-23(30)26-21(20)17-10-9-14(2)34-17)12-33-19(28)11-24-18(27)13-32-15-7-5-4-6-8-15/h4-10,21H,3,11-13H2,1-2H3,(H,24,27)(H2,25,26,30)/t21-/m0/s1.